The second-order valence-corrected chi connectivity index (χ2v) is 6.71. The molecule has 2 aromatic rings. The lowest BCUT2D eigenvalue weighted by Crippen LogP contribution is -2.29. The fourth-order valence-electron chi connectivity index (χ4n) is 2.75. The van der Waals surface area contributed by atoms with E-state index >= 15 is 0 Å². The van der Waals surface area contributed by atoms with Crippen LogP contribution in [0.1, 0.15) is 61.3 Å². The summed E-state index contributed by atoms with van der Waals surface area (Å²) in [6.45, 7) is 4.18. The standard InChI is InChI=1S/C15H20N6O2S/c1-9(13-20-19-12-6-4-3-5-7-21(12)13)16-14(23)11-8-24-15(18-11)17-10(2)22/h8-9H,3-7H2,1-2H3,(H,16,23)(H,17,18,22)/t9-/m1/s1. The summed E-state index contributed by atoms with van der Waals surface area (Å²) in [5.74, 6) is 1.26. The molecule has 0 saturated heterocycles. The summed E-state index contributed by atoms with van der Waals surface area (Å²) >= 11 is 1.22. The number of nitrogens with zero attached hydrogens (tertiary/aromatic N) is 4. The van der Waals surface area contributed by atoms with Gasteiger partial charge in [-0.3, -0.25) is 9.59 Å². The molecule has 1 aliphatic rings. The fourth-order valence-corrected chi connectivity index (χ4v) is 3.49. The van der Waals surface area contributed by atoms with Crippen molar-refractivity contribution in [1.29, 1.82) is 0 Å². The lowest BCUT2D eigenvalue weighted by molar-refractivity contribution is -0.114. The van der Waals surface area contributed by atoms with E-state index in [0.29, 0.717) is 5.13 Å². The molecule has 0 unspecified atom stereocenters. The van der Waals surface area contributed by atoms with Crippen LogP contribution in [-0.4, -0.2) is 31.6 Å². The van der Waals surface area contributed by atoms with E-state index in [0.717, 1.165) is 37.5 Å². The summed E-state index contributed by atoms with van der Waals surface area (Å²) < 4.78 is 2.11. The average molecular weight is 348 g/mol. The number of aromatic nitrogens is 4. The Kier molecular flexibility index (Phi) is 4.89. The summed E-state index contributed by atoms with van der Waals surface area (Å²) in [4.78, 5) is 27.5. The number of carbonyl (C=O) groups is 2. The van der Waals surface area contributed by atoms with Crippen LogP contribution in [0.25, 0.3) is 0 Å². The molecule has 0 aromatic carbocycles. The topological polar surface area (TPSA) is 102 Å². The minimum atomic E-state index is -0.290. The van der Waals surface area contributed by atoms with E-state index in [4.69, 9.17) is 0 Å². The van der Waals surface area contributed by atoms with Gasteiger partial charge in [-0.1, -0.05) is 6.42 Å². The number of fused-ring (bicyclic) bond motifs is 1. The van der Waals surface area contributed by atoms with E-state index in [9.17, 15) is 9.59 Å². The number of thiazole rings is 1. The Morgan fingerprint density at radius 1 is 1.29 bits per heavy atom. The van der Waals surface area contributed by atoms with Gasteiger partial charge in [0, 0.05) is 25.3 Å². The van der Waals surface area contributed by atoms with Crippen molar-refractivity contribution in [2.45, 2.75) is 52.1 Å². The summed E-state index contributed by atoms with van der Waals surface area (Å²) in [6, 6.07) is -0.261. The van der Waals surface area contributed by atoms with Crippen molar-refractivity contribution < 1.29 is 9.59 Å². The predicted molar refractivity (Wildman–Crippen MR) is 89.9 cm³/mol. The van der Waals surface area contributed by atoms with Crippen molar-refractivity contribution in [2.75, 3.05) is 5.32 Å². The van der Waals surface area contributed by atoms with Gasteiger partial charge in [-0.15, -0.1) is 21.5 Å². The third-order valence-corrected chi connectivity index (χ3v) is 4.65. The van der Waals surface area contributed by atoms with Gasteiger partial charge in [0.15, 0.2) is 11.0 Å². The molecule has 128 valence electrons. The lowest BCUT2D eigenvalue weighted by atomic mass is 10.2. The first kappa shape index (κ1) is 16.6. The molecule has 2 N–H and O–H groups in total. The SMILES string of the molecule is CC(=O)Nc1nc(C(=O)N[C@H](C)c2nnc3n2CCCCC3)cs1. The van der Waals surface area contributed by atoms with Crippen LogP contribution in [0.4, 0.5) is 5.13 Å². The van der Waals surface area contributed by atoms with E-state index in [-0.39, 0.29) is 23.6 Å². The molecule has 2 aromatic heterocycles. The first-order valence-electron chi connectivity index (χ1n) is 8.00. The Bertz CT molecular complexity index is 753. The normalized spacial score (nSPS) is 15.2. The van der Waals surface area contributed by atoms with Crippen molar-refractivity contribution in [1.82, 2.24) is 25.1 Å². The van der Waals surface area contributed by atoms with Gasteiger partial charge in [0.05, 0.1) is 6.04 Å². The quantitative estimate of drug-likeness (QED) is 0.879. The van der Waals surface area contributed by atoms with Gasteiger partial charge in [-0.2, -0.15) is 0 Å². The highest BCUT2D eigenvalue weighted by Crippen LogP contribution is 2.20. The molecule has 3 heterocycles. The van der Waals surface area contributed by atoms with E-state index in [1.807, 2.05) is 6.92 Å². The maximum atomic E-state index is 12.3. The summed E-state index contributed by atoms with van der Waals surface area (Å²) in [7, 11) is 0. The van der Waals surface area contributed by atoms with Crippen LogP contribution in [0.3, 0.4) is 0 Å². The highest BCUT2D eigenvalue weighted by molar-refractivity contribution is 7.14. The summed E-state index contributed by atoms with van der Waals surface area (Å²) in [6.07, 6.45) is 4.35. The third-order valence-electron chi connectivity index (χ3n) is 3.89. The first-order chi connectivity index (χ1) is 11.5. The van der Waals surface area contributed by atoms with Crippen molar-refractivity contribution >= 4 is 28.3 Å². The molecular weight excluding hydrogens is 328 g/mol. The van der Waals surface area contributed by atoms with E-state index in [1.54, 1.807) is 5.38 Å². The van der Waals surface area contributed by atoms with Gasteiger partial charge in [-0.05, 0) is 19.8 Å². The smallest absolute Gasteiger partial charge is 0.271 e. The minimum Gasteiger partial charge on any atom is -0.341 e. The van der Waals surface area contributed by atoms with Gasteiger partial charge < -0.3 is 15.2 Å². The molecular formula is C15H20N6O2S. The average Bonchev–Trinajstić information content (AvgIpc) is 3.08. The summed E-state index contributed by atoms with van der Waals surface area (Å²) in [5, 5.41) is 16.0. The van der Waals surface area contributed by atoms with Crippen LogP contribution in [0.15, 0.2) is 5.38 Å². The zero-order chi connectivity index (χ0) is 17.1. The largest absolute Gasteiger partial charge is 0.341 e. The van der Waals surface area contributed by atoms with Crippen LogP contribution in [0.2, 0.25) is 0 Å². The van der Waals surface area contributed by atoms with Crippen molar-refractivity contribution in [3.63, 3.8) is 0 Å². The fraction of sp³-hybridized carbons (Fsp3) is 0.533. The Morgan fingerprint density at radius 2 is 2.12 bits per heavy atom. The van der Waals surface area contributed by atoms with E-state index < -0.39 is 0 Å². The zero-order valence-corrected chi connectivity index (χ0v) is 14.5. The molecule has 8 nitrogen and oxygen atoms in total. The number of nitrogens with one attached hydrogen (secondary N) is 2. The minimum absolute atomic E-state index is 0.212. The van der Waals surface area contributed by atoms with Crippen molar-refractivity contribution in [2.24, 2.45) is 0 Å². The Morgan fingerprint density at radius 3 is 2.92 bits per heavy atom. The molecule has 0 aliphatic carbocycles. The maximum Gasteiger partial charge on any atom is 0.271 e. The van der Waals surface area contributed by atoms with Gasteiger partial charge in [0.1, 0.15) is 11.5 Å². The number of hydrogen-bond donors (Lipinski definition) is 2. The Hall–Kier alpha value is -2.29. The molecule has 1 atom stereocenters. The lowest BCUT2D eigenvalue weighted by Gasteiger charge is -2.14. The van der Waals surface area contributed by atoms with Crippen LogP contribution in [0, 0.1) is 0 Å². The third kappa shape index (κ3) is 3.61. The Labute approximate surface area is 143 Å². The van der Waals surface area contributed by atoms with Gasteiger partial charge in [0.25, 0.3) is 5.91 Å². The summed E-state index contributed by atoms with van der Waals surface area (Å²) in [5.41, 5.74) is 0.284. The highest BCUT2D eigenvalue weighted by atomic mass is 32.1. The van der Waals surface area contributed by atoms with E-state index in [1.165, 1.54) is 24.7 Å². The molecule has 0 fully saturated rings. The zero-order valence-electron chi connectivity index (χ0n) is 13.7. The molecule has 3 rings (SSSR count). The molecule has 0 radical (unpaired) electrons. The van der Waals surface area contributed by atoms with Crippen molar-refractivity contribution in [3.05, 3.63) is 22.7 Å². The van der Waals surface area contributed by atoms with Crippen molar-refractivity contribution in [3.8, 4) is 0 Å². The molecule has 1 aliphatic heterocycles. The van der Waals surface area contributed by atoms with Gasteiger partial charge in [-0.25, -0.2) is 4.98 Å². The van der Waals surface area contributed by atoms with E-state index in [2.05, 4.69) is 30.4 Å². The van der Waals surface area contributed by atoms with Crippen LogP contribution in [-0.2, 0) is 17.8 Å². The molecule has 0 bridgehead atoms. The van der Waals surface area contributed by atoms with Crippen LogP contribution >= 0.6 is 11.3 Å². The number of aryl methyl sites for hydroxylation is 1. The highest BCUT2D eigenvalue weighted by Gasteiger charge is 2.22. The number of anilines is 1. The van der Waals surface area contributed by atoms with Crippen LogP contribution < -0.4 is 10.6 Å². The molecule has 24 heavy (non-hydrogen) atoms. The van der Waals surface area contributed by atoms with Gasteiger partial charge in [0.2, 0.25) is 5.91 Å². The van der Waals surface area contributed by atoms with Crippen LogP contribution in [0.5, 0.6) is 0 Å². The predicted octanol–water partition coefficient (Wildman–Crippen LogP) is 1.91. The molecule has 2 amide bonds. The second-order valence-electron chi connectivity index (χ2n) is 5.85. The maximum absolute atomic E-state index is 12.3. The first-order valence-corrected chi connectivity index (χ1v) is 8.88. The van der Waals surface area contributed by atoms with Gasteiger partial charge >= 0.3 is 0 Å². The number of rotatable bonds is 4. The number of hydrogen-bond acceptors (Lipinski definition) is 6. The molecule has 9 heteroatoms. The second kappa shape index (κ2) is 7.08. The monoisotopic (exact) mass is 348 g/mol. The number of amides is 2. The molecule has 0 spiro atoms. The molecule has 0 saturated carbocycles. The Balaban J connectivity index is 1.69. The number of carbonyl (C=O) groups excluding carboxylic acids is 2.